The van der Waals surface area contributed by atoms with Crippen molar-refractivity contribution >= 4 is 39.2 Å². The molecule has 4 rings (SSSR count). The average molecular weight is 560 g/mol. The lowest BCUT2D eigenvalue weighted by Gasteiger charge is -2.60. The highest BCUT2D eigenvalue weighted by molar-refractivity contribution is 9.10. The Labute approximate surface area is 221 Å². The monoisotopic (exact) mass is 558 g/mol. The molecule has 2 aliphatic rings. The van der Waals surface area contributed by atoms with E-state index in [1.54, 1.807) is 24.5 Å². The molecule has 2 aromatic rings. The van der Waals surface area contributed by atoms with Gasteiger partial charge in [0, 0.05) is 59.5 Å². The van der Waals surface area contributed by atoms with Crippen molar-refractivity contribution in [3.63, 3.8) is 0 Å². The van der Waals surface area contributed by atoms with E-state index in [-0.39, 0.29) is 23.0 Å². The molecule has 1 saturated heterocycles. The molecule has 0 spiro atoms. The van der Waals surface area contributed by atoms with Crippen LogP contribution in [0.1, 0.15) is 36.1 Å². The van der Waals surface area contributed by atoms with E-state index in [1.807, 2.05) is 48.7 Å². The quantitative estimate of drug-likeness (QED) is 0.305. The predicted molar refractivity (Wildman–Crippen MR) is 147 cm³/mol. The molecule has 1 saturated carbocycles. The molecule has 0 unspecified atom stereocenters. The number of amides is 1. The number of halogens is 1. The average Bonchev–Trinajstić information content (AvgIpc) is 3.31. The summed E-state index contributed by atoms with van der Waals surface area (Å²) in [5, 5.41) is 2.02. The van der Waals surface area contributed by atoms with E-state index in [4.69, 9.17) is 9.47 Å². The topological polar surface area (TPSA) is 42.0 Å². The number of carbonyl (C=O) groups excluding carboxylic acids is 1. The molecular formula is C28H35BrN2O3S. The van der Waals surface area contributed by atoms with Crippen LogP contribution in [0.4, 0.5) is 0 Å². The third-order valence-corrected chi connectivity index (χ3v) is 9.60. The standard InChI is InChI=1S/C28H35BrN2O3S/c1-5-14-31-15-13-27(21-7-6-8-24(16-21)33-3)18-23(11-12-28(27,20-31)34-4)30(2)26(32)10-9-25-17-22(29)19-35-25/h5-10,16-17,19,23H,1,11-15,18,20H2,2-4H3/b10-9+/t23-,27-,28-/m0/s1. The van der Waals surface area contributed by atoms with Gasteiger partial charge in [0.05, 0.1) is 12.7 Å². The second-order valence-electron chi connectivity index (χ2n) is 9.63. The van der Waals surface area contributed by atoms with Crippen LogP contribution >= 0.6 is 27.3 Å². The number of benzene rings is 1. The Morgan fingerprint density at radius 2 is 2.17 bits per heavy atom. The maximum absolute atomic E-state index is 13.2. The number of likely N-dealkylation sites (N-methyl/N-ethyl adjacent to an activating group) is 1. The van der Waals surface area contributed by atoms with E-state index >= 15 is 0 Å². The van der Waals surface area contributed by atoms with Crippen LogP contribution in [0.15, 0.2) is 58.9 Å². The maximum atomic E-state index is 13.2. The van der Waals surface area contributed by atoms with E-state index in [9.17, 15) is 4.79 Å². The Kier molecular flexibility index (Phi) is 8.21. The van der Waals surface area contributed by atoms with Crippen LogP contribution in [0.2, 0.25) is 0 Å². The molecule has 0 N–H and O–H groups in total. The molecule has 0 radical (unpaired) electrons. The Bertz CT molecular complexity index is 1090. The Hall–Kier alpha value is -1.93. The zero-order valence-electron chi connectivity index (χ0n) is 20.8. The minimum absolute atomic E-state index is 0.0364. The molecule has 2 heterocycles. The Morgan fingerprint density at radius 3 is 2.86 bits per heavy atom. The summed E-state index contributed by atoms with van der Waals surface area (Å²) in [5.74, 6) is 0.890. The summed E-state index contributed by atoms with van der Waals surface area (Å²) in [6, 6.07) is 10.6. The van der Waals surface area contributed by atoms with Gasteiger partial charge in [0.25, 0.3) is 0 Å². The van der Waals surface area contributed by atoms with Crippen molar-refractivity contribution in [3.05, 3.63) is 69.4 Å². The van der Waals surface area contributed by atoms with Crippen molar-refractivity contribution < 1.29 is 14.3 Å². The number of fused-ring (bicyclic) bond motifs is 1. The third-order valence-electron chi connectivity index (χ3n) is 7.95. The van der Waals surface area contributed by atoms with Crippen molar-refractivity contribution in [1.82, 2.24) is 9.80 Å². The lowest BCUT2D eigenvalue weighted by atomic mass is 9.55. The second-order valence-corrected chi connectivity index (χ2v) is 11.5. The Balaban J connectivity index is 1.65. The van der Waals surface area contributed by atoms with E-state index in [0.717, 1.165) is 60.4 Å². The van der Waals surface area contributed by atoms with Gasteiger partial charge in [-0.05, 0) is 78.0 Å². The van der Waals surface area contributed by atoms with E-state index < -0.39 is 0 Å². The Morgan fingerprint density at radius 1 is 1.34 bits per heavy atom. The minimum Gasteiger partial charge on any atom is -0.497 e. The molecule has 0 bridgehead atoms. The molecular weight excluding hydrogens is 524 g/mol. The number of hydrogen-bond donors (Lipinski definition) is 0. The lowest BCUT2D eigenvalue weighted by Crippen LogP contribution is -2.68. The molecule has 35 heavy (non-hydrogen) atoms. The van der Waals surface area contributed by atoms with Gasteiger partial charge >= 0.3 is 0 Å². The molecule has 3 atom stereocenters. The van der Waals surface area contributed by atoms with Crippen molar-refractivity contribution in [1.29, 1.82) is 0 Å². The van der Waals surface area contributed by atoms with Crippen molar-refractivity contribution in [2.75, 3.05) is 40.9 Å². The molecule has 1 aliphatic carbocycles. The zero-order chi connectivity index (χ0) is 25.1. The highest BCUT2D eigenvalue weighted by Gasteiger charge is 2.59. The zero-order valence-corrected chi connectivity index (χ0v) is 23.2. The van der Waals surface area contributed by atoms with Crippen molar-refractivity contribution in [2.24, 2.45) is 0 Å². The third kappa shape index (κ3) is 5.15. The molecule has 5 nitrogen and oxygen atoms in total. The van der Waals surface area contributed by atoms with Gasteiger partial charge in [-0.25, -0.2) is 0 Å². The molecule has 188 valence electrons. The fourth-order valence-electron chi connectivity index (χ4n) is 6.02. The summed E-state index contributed by atoms with van der Waals surface area (Å²) in [5.41, 5.74) is 0.690. The number of piperidine rings is 1. The van der Waals surface area contributed by atoms with Crippen LogP contribution in [-0.2, 0) is 14.9 Å². The van der Waals surface area contributed by atoms with Gasteiger partial charge in [0.15, 0.2) is 0 Å². The summed E-state index contributed by atoms with van der Waals surface area (Å²) in [4.78, 5) is 18.6. The number of thiophene rings is 1. The minimum atomic E-state index is -0.333. The van der Waals surface area contributed by atoms with Gasteiger partial charge in [-0.2, -0.15) is 0 Å². The SMILES string of the molecule is C=CCN1CC[C@@]2(c3cccc(OC)c3)C[C@@H](N(C)C(=O)/C=C/c3cc(Br)cs3)CC[C@]2(OC)C1. The summed E-state index contributed by atoms with van der Waals surface area (Å²) in [6.07, 6.45) is 9.18. The highest BCUT2D eigenvalue weighted by Crippen LogP contribution is 2.54. The number of hydrogen-bond acceptors (Lipinski definition) is 5. The van der Waals surface area contributed by atoms with E-state index in [1.165, 1.54) is 5.56 Å². The van der Waals surface area contributed by atoms with E-state index in [0.29, 0.717) is 0 Å². The first kappa shape index (κ1) is 26.1. The molecule has 7 heteroatoms. The van der Waals surface area contributed by atoms with Gasteiger partial charge < -0.3 is 14.4 Å². The first-order valence-corrected chi connectivity index (χ1v) is 13.8. The maximum Gasteiger partial charge on any atom is 0.246 e. The molecule has 1 amide bonds. The van der Waals surface area contributed by atoms with Gasteiger partial charge in [-0.1, -0.05) is 18.2 Å². The smallest absolute Gasteiger partial charge is 0.246 e. The number of methoxy groups -OCH3 is 2. The van der Waals surface area contributed by atoms with Crippen LogP contribution in [0, 0.1) is 0 Å². The summed E-state index contributed by atoms with van der Waals surface area (Å²) in [6.45, 7) is 6.62. The van der Waals surface area contributed by atoms with Crippen LogP contribution < -0.4 is 4.74 Å². The summed E-state index contributed by atoms with van der Waals surface area (Å²) < 4.78 is 13.1. The fourth-order valence-corrected chi connectivity index (χ4v) is 7.36. The number of rotatable bonds is 8. The number of ether oxygens (including phenoxy) is 2. The number of nitrogens with zero attached hydrogens (tertiary/aromatic N) is 2. The number of carbonyl (C=O) groups is 1. The van der Waals surface area contributed by atoms with Gasteiger partial charge in [-0.3, -0.25) is 9.69 Å². The number of likely N-dealkylation sites (tertiary alicyclic amines) is 1. The predicted octanol–water partition coefficient (Wildman–Crippen LogP) is 5.76. The van der Waals surface area contributed by atoms with E-state index in [2.05, 4.69) is 45.6 Å². The van der Waals surface area contributed by atoms with Crippen LogP contribution in [0.5, 0.6) is 5.75 Å². The highest BCUT2D eigenvalue weighted by atomic mass is 79.9. The van der Waals surface area contributed by atoms with Gasteiger partial charge in [-0.15, -0.1) is 17.9 Å². The first-order chi connectivity index (χ1) is 16.9. The van der Waals surface area contributed by atoms with Crippen LogP contribution in [0.25, 0.3) is 6.08 Å². The second kappa shape index (κ2) is 11.0. The van der Waals surface area contributed by atoms with Gasteiger partial charge in [0.2, 0.25) is 5.91 Å². The summed E-state index contributed by atoms with van der Waals surface area (Å²) >= 11 is 5.09. The first-order valence-electron chi connectivity index (χ1n) is 12.1. The molecule has 1 aliphatic heterocycles. The normalized spacial score (nSPS) is 26.9. The van der Waals surface area contributed by atoms with Crippen LogP contribution in [-0.4, -0.2) is 68.3 Å². The molecule has 1 aromatic heterocycles. The fraction of sp³-hybridized carbons (Fsp3) is 0.464. The molecule has 2 fully saturated rings. The van der Waals surface area contributed by atoms with Crippen molar-refractivity contribution in [3.8, 4) is 5.75 Å². The lowest BCUT2D eigenvalue weighted by molar-refractivity contribution is -0.157. The largest absolute Gasteiger partial charge is 0.497 e. The van der Waals surface area contributed by atoms with Gasteiger partial charge in [0.1, 0.15) is 5.75 Å². The van der Waals surface area contributed by atoms with Crippen molar-refractivity contribution in [2.45, 2.75) is 42.7 Å². The summed E-state index contributed by atoms with van der Waals surface area (Å²) in [7, 11) is 5.50. The molecule has 1 aromatic carbocycles. The van der Waals surface area contributed by atoms with Crippen LogP contribution in [0.3, 0.4) is 0 Å².